The number of aromatic nitrogens is 2. The van der Waals surface area contributed by atoms with Gasteiger partial charge in [-0.15, -0.1) is 0 Å². The van der Waals surface area contributed by atoms with Crippen LogP contribution in [-0.4, -0.2) is 28.0 Å². The summed E-state index contributed by atoms with van der Waals surface area (Å²) < 4.78 is 0. The first kappa shape index (κ1) is 13.3. The number of anilines is 2. The Morgan fingerprint density at radius 2 is 2.00 bits per heavy atom. The van der Waals surface area contributed by atoms with Gasteiger partial charge >= 0.3 is 0 Å². The monoisotopic (exact) mass is 261 g/mol. The third-order valence-electron chi connectivity index (χ3n) is 3.30. The highest BCUT2D eigenvalue weighted by Crippen LogP contribution is 2.21. The SMILES string of the molecule is C=CC(=O)N[C@H]1CC[C@@H](Nc2cc(N)ncn2)CC1. The standard InChI is InChI=1S/C13H19N5O/c1-2-13(19)18-10-5-3-9(4-6-10)17-12-7-11(14)15-8-16-12/h2,7-10H,1,3-6H2,(H,18,19)(H3,14,15,16,17)/t9-,10+. The second-order valence-electron chi connectivity index (χ2n) is 4.73. The second kappa shape index (κ2) is 6.17. The van der Waals surface area contributed by atoms with Crippen LogP contribution in [0, 0.1) is 0 Å². The lowest BCUT2D eigenvalue weighted by Gasteiger charge is -2.29. The molecule has 1 amide bonds. The van der Waals surface area contributed by atoms with Gasteiger partial charge in [-0.05, 0) is 31.8 Å². The van der Waals surface area contributed by atoms with Gasteiger partial charge in [0.25, 0.3) is 0 Å². The van der Waals surface area contributed by atoms with Crippen molar-refractivity contribution in [2.75, 3.05) is 11.1 Å². The van der Waals surface area contributed by atoms with Gasteiger partial charge < -0.3 is 16.4 Å². The normalized spacial score (nSPS) is 22.5. The average molecular weight is 261 g/mol. The van der Waals surface area contributed by atoms with Gasteiger partial charge in [-0.25, -0.2) is 9.97 Å². The number of nitrogens with zero attached hydrogens (tertiary/aromatic N) is 2. The molecule has 0 aliphatic heterocycles. The van der Waals surface area contributed by atoms with Gasteiger partial charge in [0.15, 0.2) is 0 Å². The van der Waals surface area contributed by atoms with E-state index in [1.165, 1.54) is 12.4 Å². The Morgan fingerprint density at radius 3 is 2.63 bits per heavy atom. The molecule has 1 heterocycles. The maximum absolute atomic E-state index is 11.2. The van der Waals surface area contributed by atoms with Gasteiger partial charge in [-0.2, -0.15) is 0 Å². The van der Waals surface area contributed by atoms with E-state index in [1.807, 2.05) is 0 Å². The van der Waals surface area contributed by atoms with E-state index in [2.05, 4.69) is 27.2 Å². The van der Waals surface area contributed by atoms with Crippen LogP contribution in [0.5, 0.6) is 0 Å². The van der Waals surface area contributed by atoms with Gasteiger partial charge in [0.05, 0.1) is 0 Å². The Morgan fingerprint density at radius 1 is 1.32 bits per heavy atom. The van der Waals surface area contributed by atoms with Crippen molar-refractivity contribution in [3.8, 4) is 0 Å². The van der Waals surface area contributed by atoms with Gasteiger partial charge in [-0.1, -0.05) is 6.58 Å². The van der Waals surface area contributed by atoms with Gasteiger partial charge in [0, 0.05) is 18.2 Å². The number of rotatable bonds is 4. The molecule has 19 heavy (non-hydrogen) atoms. The van der Waals surface area contributed by atoms with Gasteiger partial charge in [0.2, 0.25) is 5.91 Å². The summed E-state index contributed by atoms with van der Waals surface area (Å²) in [4.78, 5) is 19.2. The number of carbonyl (C=O) groups excluding carboxylic acids is 1. The van der Waals surface area contributed by atoms with Crippen LogP contribution in [0.15, 0.2) is 25.0 Å². The summed E-state index contributed by atoms with van der Waals surface area (Å²) in [5.41, 5.74) is 5.61. The Labute approximate surface area is 112 Å². The lowest BCUT2D eigenvalue weighted by Crippen LogP contribution is -2.39. The molecule has 6 nitrogen and oxygen atoms in total. The number of amides is 1. The minimum atomic E-state index is -0.0972. The number of nitrogen functional groups attached to an aromatic ring is 1. The van der Waals surface area contributed by atoms with Crippen molar-refractivity contribution in [2.24, 2.45) is 0 Å². The molecule has 0 bridgehead atoms. The zero-order chi connectivity index (χ0) is 13.7. The Kier molecular flexibility index (Phi) is 4.33. The van der Waals surface area contributed by atoms with Crippen molar-refractivity contribution in [1.82, 2.24) is 15.3 Å². The van der Waals surface area contributed by atoms with E-state index in [9.17, 15) is 4.79 Å². The molecule has 0 aromatic carbocycles. The number of hydrogen-bond donors (Lipinski definition) is 3. The summed E-state index contributed by atoms with van der Waals surface area (Å²) in [6.07, 6.45) is 6.66. The molecule has 1 aliphatic carbocycles. The number of nitrogens with one attached hydrogen (secondary N) is 2. The molecule has 0 radical (unpaired) electrons. The minimum absolute atomic E-state index is 0.0972. The Balaban J connectivity index is 1.80. The zero-order valence-electron chi connectivity index (χ0n) is 10.8. The predicted octanol–water partition coefficient (Wildman–Crippen LogP) is 1.08. The first-order valence-corrected chi connectivity index (χ1v) is 6.44. The number of carbonyl (C=O) groups is 1. The fraction of sp³-hybridized carbons (Fsp3) is 0.462. The summed E-state index contributed by atoms with van der Waals surface area (Å²) in [5, 5.41) is 6.28. The van der Waals surface area contributed by atoms with E-state index in [4.69, 9.17) is 5.73 Å². The smallest absolute Gasteiger partial charge is 0.243 e. The molecular weight excluding hydrogens is 242 g/mol. The molecule has 4 N–H and O–H groups in total. The average Bonchev–Trinajstić information content (AvgIpc) is 2.41. The summed E-state index contributed by atoms with van der Waals surface area (Å²) in [6, 6.07) is 2.34. The van der Waals surface area contributed by atoms with E-state index in [0.29, 0.717) is 11.9 Å². The van der Waals surface area contributed by atoms with E-state index < -0.39 is 0 Å². The van der Waals surface area contributed by atoms with E-state index in [-0.39, 0.29) is 11.9 Å². The molecular formula is C13H19N5O. The van der Waals surface area contributed by atoms with Crippen LogP contribution < -0.4 is 16.4 Å². The zero-order valence-corrected chi connectivity index (χ0v) is 10.8. The van der Waals surface area contributed by atoms with Crippen molar-refractivity contribution in [3.05, 3.63) is 25.0 Å². The van der Waals surface area contributed by atoms with Crippen LogP contribution in [0.4, 0.5) is 11.6 Å². The molecule has 1 aliphatic rings. The quantitative estimate of drug-likeness (QED) is 0.705. The van der Waals surface area contributed by atoms with Gasteiger partial charge in [0.1, 0.15) is 18.0 Å². The largest absolute Gasteiger partial charge is 0.384 e. The van der Waals surface area contributed by atoms with E-state index in [0.717, 1.165) is 31.5 Å². The molecule has 1 saturated carbocycles. The first-order chi connectivity index (χ1) is 9.17. The topological polar surface area (TPSA) is 92.9 Å². The Bertz CT molecular complexity index is 454. The fourth-order valence-electron chi connectivity index (χ4n) is 2.30. The molecule has 6 heteroatoms. The molecule has 2 rings (SSSR count). The molecule has 0 atom stereocenters. The molecule has 1 fully saturated rings. The maximum Gasteiger partial charge on any atom is 0.243 e. The van der Waals surface area contributed by atoms with Crippen molar-refractivity contribution in [1.29, 1.82) is 0 Å². The van der Waals surface area contributed by atoms with Crippen molar-refractivity contribution in [3.63, 3.8) is 0 Å². The van der Waals surface area contributed by atoms with Crippen LogP contribution >= 0.6 is 0 Å². The molecule has 1 aromatic heterocycles. The number of nitrogens with two attached hydrogens (primary N) is 1. The van der Waals surface area contributed by atoms with Crippen LogP contribution in [0.25, 0.3) is 0 Å². The second-order valence-corrected chi connectivity index (χ2v) is 4.73. The number of hydrogen-bond acceptors (Lipinski definition) is 5. The van der Waals surface area contributed by atoms with Crippen molar-refractivity contribution in [2.45, 2.75) is 37.8 Å². The van der Waals surface area contributed by atoms with Crippen LogP contribution in [0.3, 0.4) is 0 Å². The molecule has 0 unspecified atom stereocenters. The molecule has 0 spiro atoms. The molecule has 1 aromatic rings. The maximum atomic E-state index is 11.2. The highest BCUT2D eigenvalue weighted by molar-refractivity contribution is 5.87. The molecule has 0 saturated heterocycles. The highest BCUT2D eigenvalue weighted by Gasteiger charge is 2.21. The predicted molar refractivity (Wildman–Crippen MR) is 74.5 cm³/mol. The summed E-state index contributed by atoms with van der Waals surface area (Å²) in [5.74, 6) is 1.12. The summed E-state index contributed by atoms with van der Waals surface area (Å²) >= 11 is 0. The van der Waals surface area contributed by atoms with Crippen LogP contribution in [-0.2, 0) is 4.79 Å². The molecule has 102 valence electrons. The highest BCUT2D eigenvalue weighted by atomic mass is 16.1. The van der Waals surface area contributed by atoms with Gasteiger partial charge in [-0.3, -0.25) is 4.79 Å². The lowest BCUT2D eigenvalue weighted by atomic mass is 9.91. The minimum Gasteiger partial charge on any atom is -0.384 e. The van der Waals surface area contributed by atoms with Crippen molar-refractivity contribution < 1.29 is 4.79 Å². The summed E-state index contributed by atoms with van der Waals surface area (Å²) in [7, 11) is 0. The van der Waals surface area contributed by atoms with E-state index in [1.54, 1.807) is 6.07 Å². The summed E-state index contributed by atoms with van der Waals surface area (Å²) in [6.45, 7) is 3.45. The van der Waals surface area contributed by atoms with Crippen LogP contribution in [0.1, 0.15) is 25.7 Å². The van der Waals surface area contributed by atoms with E-state index >= 15 is 0 Å². The van der Waals surface area contributed by atoms with Crippen molar-refractivity contribution >= 4 is 17.5 Å². The Hall–Kier alpha value is -2.11. The third kappa shape index (κ3) is 3.94. The fourth-order valence-corrected chi connectivity index (χ4v) is 2.30. The first-order valence-electron chi connectivity index (χ1n) is 6.44. The van der Waals surface area contributed by atoms with Crippen LogP contribution in [0.2, 0.25) is 0 Å². The third-order valence-corrected chi connectivity index (χ3v) is 3.30. The lowest BCUT2D eigenvalue weighted by molar-refractivity contribution is -0.117.